The van der Waals surface area contributed by atoms with Crippen molar-refractivity contribution < 1.29 is 13.9 Å². The molecule has 160 valence electrons. The van der Waals surface area contributed by atoms with Gasteiger partial charge in [-0.3, -0.25) is 9.36 Å². The number of ketones is 1. The van der Waals surface area contributed by atoms with Gasteiger partial charge in [-0.15, -0.1) is 16.8 Å². The maximum absolute atomic E-state index is 13.0. The maximum atomic E-state index is 13.0. The number of ether oxygens (including phenoxy) is 1. The average molecular weight is 429 g/mol. The highest BCUT2D eigenvalue weighted by Gasteiger charge is 2.21. The van der Waals surface area contributed by atoms with Crippen LogP contribution in [-0.2, 0) is 11.3 Å². The smallest absolute Gasteiger partial charge is 0.192 e. The van der Waals surface area contributed by atoms with Gasteiger partial charge in [0.1, 0.15) is 5.76 Å². The van der Waals surface area contributed by atoms with Crippen LogP contribution in [0.3, 0.4) is 0 Å². The van der Waals surface area contributed by atoms with E-state index in [1.807, 2.05) is 37.5 Å². The van der Waals surface area contributed by atoms with Gasteiger partial charge in [0, 0.05) is 30.6 Å². The first-order valence-corrected chi connectivity index (χ1v) is 10.8. The first kappa shape index (κ1) is 22.1. The molecule has 0 saturated heterocycles. The van der Waals surface area contributed by atoms with Crippen molar-refractivity contribution in [2.24, 2.45) is 0 Å². The summed E-state index contributed by atoms with van der Waals surface area (Å²) >= 11 is 1.38. The van der Waals surface area contributed by atoms with Crippen LogP contribution in [0, 0.1) is 20.8 Å². The van der Waals surface area contributed by atoms with Gasteiger partial charge in [-0.25, -0.2) is 0 Å². The second kappa shape index (κ2) is 9.49. The molecular formula is C22H28N4O3S. The van der Waals surface area contributed by atoms with E-state index in [2.05, 4.69) is 28.3 Å². The largest absolute Gasteiger partial charge is 0.469 e. The normalized spacial score (nSPS) is 12.3. The summed E-state index contributed by atoms with van der Waals surface area (Å²) in [6.45, 7) is 13.0. The molecule has 0 amide bonds. The Hall–Kier alpha value is -2.58. The van der Waals surface area contributed by atoms with Gasteiger partial charge in [-0.1, -0.05) is 17.8 Å². The lowest BCUT2D eigenvalue weighted by Gasteiger charge is -2.17. The van der Waals surface area contributed by atoms with Crippen LogP contribution < -0.4 is 0 Å². The third-order valence-electron chi connectivity index (χ3n) is 5.09. The molecule has 7 nitrogen and oxygen atoms in total. The molecule has 0 aliphatic heterocycles. The Morgan fingerprint density at radius 3 is 2.77 bits per heavy atom. The van der Waals surface area contributed by atoms with Crippen LogP contribution in [-0.4, -0.2) is 44.6 Å². The highest BCUT2D eigenvalue weighted by atomic mass is 32.2. The van der Waals surface area contributed by atoms with Crippen molar-refractivity contribution in [3.8, 4) is 11.4 Å². The molecule has 0 aliphatic rings. The quantitative estimate of drug-likeness (QED) is 0.266. The van der Waals surface area contributed by atoms with E-state index in [0.29, 0.717) is 24.1 Å². The lowest BCUT2D eigenvalue weighted by Crippen LogP contribution is -2.15. The first-order valence-electron chi connectivity index (χ1n) is 9.80. The van der Waals surface area contributed by atoms with Gasteiger partial charge >= 0.3 is 0 Å². The number of thioether (sulfide) groups is 1. The summed E-state index contributed by atoms with van der Waals surface area (Å²) in [7, 11) is 1.69. The number of hydrogen-bond donors (Lipinski definition) is 0. The lowest BCUT2D eigenvalue weighted by molar-refractivity contribution is 0.102. The Kier molecular flexibility index (Phi) is 6.99. The molecule has 1 atom stereocenters. The van der Waals surface area contributed by atoms with E-state index in [-0.39, 0.29) is 17.6 Å². The molecule has 0 radical (unpaired) electrons. The highest BCUT2D eigenvalue weighted by Crippen LogP contribution is 2.28. The Bertz CT molecular complexity index is 1050. The molecule has 0 bridgehead atoms. The first-order chi connectivity index (χ1) is 14.4. The van der Waals surface area contributed by atoms with Crippen molar-refractivity contribution in [3.05, 3.63) is 53.8 Å². The van der Waals surface area contributed by atoms with Gasteiger partial charge in [-0.2, -0.15) is 0 Å². The molecule has 0 N–H and O–H groups in total. The molecule has 3 rings (SSSR count). The summed E-state index contributed by atoms with van der Waals surface area (Å²) in [6.07, 6.45) is 3.42. The van der Waals surface area contributed by atoms with Gasteiger partial charge in [0.25, 0.3) is 0 Å². The molecule has 0 aliphatic carbocycles. The summed E-state index contributed by atoms with van der Waals surface area (Å²) in [5.41, 5.74) is 3.64. The molecule has 3 aromatic rings. The summed E-state index contributed by atoms with van der Waals surface area (Å²) in [5, 5.41) is 9.31. The van der Waals surface area contributed by atoms with E-state index < -0.39 is 0 Å². The number of Topliss-reactive ketones (excluding diaryl/α,β-unsaturated/α-hetero) is 1. The minimum Gasteiger partial charge on any atom is -0.469 e. The number of furan rings is 1. The number of allylic oxidation sites excluding steroid dienone is 1. The number of carbonyl (C=O) groups is 1. The average Bonchev–Trinajstić information content (AvgIpc) is 3.38. The summed E-state index contributed by atoms with van der Waals surface area (Å²) < 4.78 is 14.8. The third kappa shape index (κ3) is 4.29. The SMILES string of the molecule is C=CCn1c(SCC(=O)c2cc(C)n(C(C)COC)c2C)nnc1-c1ccoc1C. The summed E-state index contributed by atoms with van der Waals surface area (Å²) in [6, 6.07) is 3.99. The van der Waals surface area contributed by atoms with Crippen LogP contribution in [0.25, 0.3) is 11.4 Å². The standard InChI is InChI=1S/C22H28N4O3S/c1-7-9-25-21(18-8-10-29-17(18)5)23-24-22(25)30-13-20(27)19-11-14(2)26(16(19)4)15(3)12-28-6/h7-8,10-11,15H,1,9,12-13H2,2-6H3. The Labute approximate surface area is 181 Å². The molecule has 30 heavy (non-hydrogen) atoms. The van der Waals surface area contributed by atoms with Crippen LogP contribution >= 0.6 is 11.8 Å². The maximum Gasteiger partial charge on any atom is 0.192 e. The Balaban J connectivity index is 1.80. The van der Waals surface area contributed by atoms with Crippen molar-refractivity contribution in [1.29, 1.82) is 0 Å². The second-order valence-electron chi connectivity index (χ2n) is 7.27. The zero-order valence-electron chi connectivity index (χ0n) is 18.1. The molecule has 0 aromatic carbocycles. The predicted octanol–water partition coefficient (Wildman–Crippen LogP) is 4.63. The molecular weight excluding hydrogens is 400 g/mol. The monoisotopic (exact) mass is 428 g/mol. The summed E-state index contributed by atoms with van der Waals surface area (Å²) in [5.74, 6) is 1.83. The molecule has 8 heteroatoms. The zero-order chi connectivity index (χ0) is 21.8. The molecule has 0 spiro atoms. The summed E-state index contributed by atoms with van der Waals surface area (Å²) in [4.78, 5) is 13.0. The van der Waals surface area contributed by atoms with E-state index in [9.17, 15) is 4.79 Å². The van der Waals surface area contributed by atoms with Gasteiger partial charge in [0.2, 0.25) is 0 Å². The van der Waals surface area contributed by atoms with Gasteiger partial charge in [0.15, 0.2) is 16.8 Å². The molecule has 1 unspecified atom stereocenters. The number of aryl methyl sites for hydroxylation is 2. The van der Waals surface area contributed by atoms with Crippen molar-refractivity contribution in [2.45, 2.75) is 45.4 Å². The number of rotatable bonds is 10. The minimum absolute atomic E-state index is 0.0677. The number of carbonyl (C=O) groups excluding carboxylic acids is 1. The highest BCUT2D eigenvalue weighted by molar-refractivity contribution is 7.99. The Morgan fingerprint density at radius 2 is 2.13 bits per heavy atom. The van der Waals surface area contributed by atoms with Crippen LogP contribution in [0.15, 0.2) is 40.6 Å². The molecule has 0 fully saturated rings. The number of nitrogens with zero attached hydrogens (tertiary/aromatic N) is 4. The molecule has 3 heterocycles. The number of aromatic nitrogens is 4. The minimum atomic E-state index is 0.0677. The van der Waals surface area contributed by atoms with Crippen LogP contribution in [0.5, 0.6) is 0 Å². The van der Waals surface area contributed by atoms with Gasteiger partial charge in [-0.05, 0) is 39.8 Å². The third-order valence-corrected chi connectivity index (χ3v) is 6.06. The van der Waals surface area contributed by atoms with Gasteiger partial charge < -0.3 is 13.7 Å². The van der Waals surface area contributed by atoms with E-state index in [1.54, 1.807) is 19.4 Å². The zero-order valence-corrected chi connectivity index (χ0v) is 19.0. The molecule has 0 saturated carbocycles. The lowest BCUT2D eigenvalue weighted by atomic mass is 10.2. The second-order valence-corrected chi connectivity index (χ2v) is 8.21. The van der Waals surface area contributed by atoms with Crippen LogP contribution in [0.1, 0.15) is 40.5 Å². The van der Waals surface area contributed by atoms with Crippen molar-refractivity contribution in [3.63, 3.8) is 0 Å². The topological polar surface area (TPSA) is 75.1 Å². The van der Waals surface area contributed by atoms with E-state index in [1.165, 1.54) is 11.8 Å². The fourth-order valence-electron chi connectivity index (χ4n) is 3.77. The van der Waals surface area contributed by atoms with E-state index >= 15 is 0 Å². The molecule has 3 aromatic heterocycles. The van der Waals surface area contributed by atoms with Gasteiger partial charge in [0.05, 0.1) is 30.2 Å². The number of hydrogen-bond acceptors (Lipinski definition) is 6. The fraction of sp³-hybridized carbons (Fsp3) is 0.409. The van der Waals surface area contributed by atoms with Crippen molar-refractivity contribution >= 4 is 17.5 Å². The van der Waals surface area contributed by atoms with Crippen molar-refractivity contribution in [2.75, 3.05) is 19.5 Å². The van der Waals surface area contributed by atoms with E-state index in [0.717, 1.165) is 28.3 Å². The fourth-order valence-corrected chi connectivity index (χ4v) is 4.60. The predicted molar refractivity (Wildman–Crippen MR) is 118 cm³/mol. The Morgan fingerprint density at radius 1 is 1.37 bits per heavy atom. The van der Waals surface area contributed by atoms with Crippen LogP contribution in [0.2, 0.25) is 0 Å². The van der Waals surface area contributed by atoms with E-state index in [4.69, 9.17) is 9.15 Å². The van der Waals surface area contributed by atoms with Crippen molar-refractivity contribution in [1.82, 2.24) is 19.3 Å². The number of methoxy groups -OCH3 is 1. The van der Waals surface area contributed by atoms with Crippen LogP contribution in [0.4, 0.5) is 0 Å².